The van der Waals surface area contributed by atoms with Crippen molar-refractivity contribution in [1.82, 2.24) is 10.2 Å². The molecule has 0 atom stereocenters. The molecule has 4 rings (SSSR count). The van der Waals surface area contributed by atoms with E-state index in [9.17, 15) is 0 Å². The van der Waals surface area contributed by atoms with Gasteiger partial charge in [-0.2, -0.15) is 0 Å². The first-order valence-electron chi connectivity index (χ1n) is 7.65. The van der Waals surface area contributed by atoms with Crippen molar-refractivity contribution in [2.45, 2.75) is 0 Å². The molecule has 0 aliphatic heterocycles. The van der Waals surface area contributed by atoms with Gasteiger partial charge in [-0.25, -0.2) is 0 Å². The number of anilines is 2. The predicted octanol–water partition coefficient (Wildman–Crippen LogP) is 5.65. The third kappa shape index (κ3) is 2.97. The lowest BCUT2D eigenvalue weighted by Crippen LogP contribution is -1.99. The molecule has 0 unspecified atom stereocenters. The maximum atomic E-state index is 4.48. The van der Waals surface area contributed by atoms with Crippen LogP contribution >= 0.6 is 22.6 Å². The highest BCUT2D eigenvalue weighted by Gasteiger charge is 2.10. The van der Waals surface area contributed by atoms with E-state index in [0.29, 0.717) is 0 Å². The Morgan fingerprint density at radius 1 is 0.667 bits per heavy atom. The van der Waals surface area contributed by atoms with Gasteiger partial charge in [0.15, 0.2) is 5.82 Å². The molecule has 0 radical (unpaired) electrons. The summed E-state index contributed by atoms with van der Waals surface area (Å²) in [5.41, 5.74) is 2.98. The predicted molar refractivity (Wildman–Crippen MR) is 107 cm³/mol. The van der Waals surface area contributed by atoms with Crippen LogP contribution in [-0.4, -0.2) is 10.2 Å². The second-order valence-electron chi connectivity index (χ2n) is 5.44. The van der Waals surface area contributed by atoms with Gasteiger partial charge in [0.05, 0.1) is 0 Å². The lowest BCUT2D eigenvalue weighted by atomic mass is 10.0. The molecule has 1 heterocycles. The van der Waals surface area contributed by atoms with E-state index in [4.69, 9.17) is 0 Å². The zero-order chi connectivity index (χ0) is 16.4. The zero-order valence-corrected chi connectivity index (χ0v) is 14.9. The van der Waals surface area contributed by atoms with Crippen LogP contribution in [0.15, 0.2) is 78.9 Å². The van der Waals surface area contributed by atoms with Crippen LogP contribution in [0.3, 0.4) is 0 Å². The molecule has 0 spiro atoms. The standard InChI is InChI=1S/C20H14IN3/c21-15-10-12-16(13-11-15)22-20-18-9-5-4-8-17(18)19(23-24-20)14-6-2-1-3-7-14/h1-13H,(H,22,24). The van der Waals surface area contributed by atoms with Crippen LogP contribution in [-0.2, 0) is 0 Å². The quantitative estimate of drug-likeness (QED) is 0.433. The van der Waals surface area contributed by atoms with Gasteiger partial charge in [0.2, 0.25) is 0 Å². The molecule has 1 N–H and O–H groups in total. The normalized spacial score (nSPS) is 10.7. The van der Waals surface area contributed by atoms with E-state index >= 15 is 0 Å². The van der Waals surface area contributed by atoms with E-state index in [-0.39, 0.29) is 0 Å². The average Bonchev–Trinajstić information content (AvgIpc) is 2.64. The number of hydrogen-bond donors (Lipinski definition) is 1. The maximum absolute atomic E-state index is 4.48. The fraction of sp³-hybridized carbons (Fsp3) is 0. The van der Waals surface area contributed by atoms with E-state index in [1.165, 1.54) is 3.57 Å². The summed E-state index contributed by atoms with van der Waals surface area (Å²) >= 11 is 2.30. The fourth-order valence-electron chi connectivity index (χ4n) is 2.68. The number of rotatable bonds is 3. The van der Waals surface area contributed by atoms with Crippen molar-refractivity contribution in [2.75, 3.05) is 5.32 Å². The van der Waals surface area contributed by atoms with Gasteiger partial charge >= 0.3 is 0 Å². The number of halogens is 1. The molecule has 0 saturated carbocycles. The molecule has 0 aliphatic carbocycles. The van der Waals surface area contributed by atoms with E-state index in [1.54, 1.807) is 0 Å². The first-order chi connectivity index (χ1) is 11.8. The average molecular weight is 423 g/mol. The van der Waals surface area contributed by atoms with Gasteiger partial charge < -0.3 is 5.32 Å². The second-order valence-corrected chi connectivity index (χ2v) is 6.69. The Balaban J connectivity index is 1.82. The van der Waals surface area contributed by atoms with Crippen molar-refractivity contribution in [3.05, 3.63) is 82.4 Å². The van der Waals surface area contributed by atoms with Gasteiger partial charge in [0.1, 0.15) is 5.69 Å². The molecular formula is C20H14IN3. The minimum Gasteiger partial charge on any atom is -0.338 e. The van der Waals surface area contributed by atoms with E-state index in [1.807, 2.05) is 42.5 Å². The molecule has 4 aromatic rings. The third-order valence-corrected chi connectivity index (χ3v) is 4.56. The molecular weight excluding hydrogens is 409 g/mol. The van der Waals surface area contributed by atoms with Crippen LogP contribution in [0, 0.1) is 3.57 Å². The number of nitrogens with one attached hydrogen (secondary N) is 1. The Morgan fingerprint density at radius 2 is 1.33 bits per heavy atom. The maximum Gasteiger partial charge on any atom is 0.161 e. The van der Waals surface area contributed by atoms with Gasteiger partial charge in [-0.1, -0.05) is 54.6 Å². The minimum absolute atomic E-state index is 0.770. The minimum atomic E-state index is 0.770. The van der Waals surface area contributed by atoms with E-state index < -0.39 is 0 Å². The SMILES string of the molecule is Ic1ccc(Nc2nnc(-c3ccccc3)c3ccccc23)cc1. The summed E-state index contributed by atoms with van der Waals surface area (Å²) in [6, 6.07) is 26.6. The molecule has 3 nitrogen and oxygen atoms in total. The third-order valence-electron chi connectivity index (χ3n) is 3.84. The van der Waals surface area contributed by atoms with E-state index in [0.717, 1.165) is 33.5 Å². The van der Waals surface area contributed by atoms with Crippen LogP contribution in [0.4, 0.5) is 11.5 Å². The fourth-order valence-corrected chi connectivity index (χ4v) is 3.03. The Morgan fingerprint density at radius 3 is 2.08 bits per heavy atom. The Hall–Kier alpha value is -2.47. The Kier molecular flexibility index (Phi) is 4.13. The summed E-state index contributed by atoms with van der Waals surface area (Å²) in [6.45, 7) is 0. The molecule has 0 saturated heterocycles. The molecule has 0 bridgehead atoms. The first-order valence-corrected chi connectivity index (χ1v) is 8.72. The number of fused-ring (bicyclic) bond motifs is 1. The van der Waals surface area contributed by atoms with Crippen LogP contribution in [0.5, 0.6) is 0 Å². The van der Waals surface area contributed by atoms with Crippen molar-refractivity contribution in [3.8, 4) is 11.3 Å². The topological polar surface area (TPSA) is 37.8 Å². The Bertz CT molecular complexity index is 983. The molecule has 1 aromatic heterocycles. The molecule has 0 fully saturated rings. The van der Waals surface area contributed by atoms with E-state index in [2.05, 4.69) is 74.5 Å². The highest BCUT2D eigenvalue weighted by molar-refractivity contribution is 14.1. The van der Waals surface area contributed by atoms with Crippen LogP contribution in [0.1, 0.15) is 0 Å². The highest BCUT2D eigenvalue weighted by Crippen LogP contribution is 2.30. The largest absolute Gasteiger partial charge is 0.338 e. The molecule has 24 heavy (non-hydrogen) atoms. The lowest BCUT2D eigenvalue weighted by Gasteiger charge is -2.11. The van der Waals surface area contributed by atoms with Crippen molar-refractivity contribution >= 4 is 44.9 Å². The smallest absolute Gasteiger partial charge is 0.161 e. The van der Waals surface area contributed by atoms with Gasteiger partial charge in [0.25, 0.3) is 0 Å². The van der Waals surface area contributed by atoms with Gasteiger partial charge in [-0.05, 0) is 46.9 Å². The van der Waals surface area contributed by atoms with Gasteiger partial charge in [-0.3, -0.25) is 0 Å². The lowest BCUT2D eigenvalue weighted by molar-refractivity contribution is 1.06. The summed E-state index contributed by atoms with van der Waals surface area (Å²) in [7, 11) is 0. The van der Waals surface area contributed by atoms with Gasteiger partial charge in [0, 0.05) is 25.6 Å². The summed E-state index contributed by atoms with van der Waals surface area (Å²) in [6.07, 6.45) is 0. The van der Waals surface area contributed by atoms with Crippen molar-refractivity contribution < 1.29 is 0 Å². The van der Waals surface area contributed by atoms with Gasteiger partial charge in [-0.15, -0.1) is 10.2 Å². The summed E-state index contributed by atoms with van der Waals surface area (Å²) in [5.74, 6) is 0.770. The highest BCUT2D eigenvalue weighted by atomic mass is 127. The second kappa shape index (κ2) is 6.57. The van der Waals surface area contributed by atoms with Crippen molar-refractivity contribution in [1.29, 1.82) is 0 Å². The molecule has 116 valence electrons. The van der Waals surface area contributed by atoms with Crippen molar-refractivity contribution in [3.63, 3.8) is 0 Å². The molecule has 4 heteroatoms. The summed E-state index contributed by atoms with van der Waals surface area (Å²) < 4.78 is 1.20. The summed E-state index contributed by atoms with van der Waals surface area (Å²) in [5, 5.41) is 14.4. The summed E-state index contributed by atoms with van der Waals surface area (Å²) in [4.78, 5) is 0. The first kappa shape index (κ1) is 15.1. The monoisotopic (exact) mass is 423 g/mol. The van der Waals surface area contributed by atoms with Crippen molar-refractivity contribution in [2.24, 2.45) is 0 Å². The van der Waals surface area contributed by atoms with Crippen LogP contribution in [0.2, 0.25) is 0 Å². The number of hydrogen-bond acceptors (Lipinski definition) is 3. The molecule has 0 amide bonds. The number of aromatic nitrogens is 2. The van der Waals surface area contributed by atoms with Crippen LogP contribution in [0.25, 0.3) is 22.0 Å². The Labute approximate surface area is 153 Å². The number of benzene rings is 3. The van der Waals surface area contributed by atoms with Crippen LogP contribution < -0.4 is 5.32 Å². The zero-order valence-electron chi connectivity index (χ0n) is 12.8. The molecule has 0 aliphatic rings. The number of nitrogens with zero attached hydrogens (tertiary/aromatic N) is 2. The molecule has 3 aromatic carbocycles.